The van der Waals surface area contributed by atoms with Crippen LogP contribution in [0.4, 0.5) is 0 Å². The number of hydrogen-bond donors (Lipinski definition) is 1. The topological polar surface area (TPSA) is 46.9 Å². The van der Waals surface area contributed by atoms with Crippen molar-refractivity contribution in [3.8, 4) is 0 Å². The van der Waals surface area contributed by atoms with Crippen LogP contribution in [0, 0.1) is 37.0 Å². The Morgan fingerprint density at radius 1 is 1.23 bits per heavy atom. The fourth-order valence-electron chi connectivity index (χ4n) is 6.72. The standard InChI is InChI=1S/C21H32ClN3O/c1-5-18(21-9-15-6-16(10-21)8-17(7-15)11-21)23-20(26)14(4)25-13(3)19(22)12(2)24-25/h14-18H,5-11H2,1-4H3,(H,23,26). The minimum atomic E-state index is -0.329. The highest BCUT2D eigenvalue weighted by Crippen LogP contribution is 2.61. The van der Waals surface area contributed by atoms with E-state index in [4.69, 9.17) is 11.6 Å². The maximum Gasteiger partial charge on any atom is 0.244 e. The molecule has 1 N–H and O–H groups in total. The predicted molar refractivity (Wildman–Crippen MR) is 104 cm³/mol. The van der Waals surface area contributed by atoms with Gasteiger partial charge in [-0.3, -0.25) is 9.48 Å². The smallest absolute Gasteiger partial charge is 0.244 e. The third kappa shape index (κ3) is 2.89. The minimum Gasteiger partial charge on any atom is -0.351 e. The molecule has 0 aromatic carbocycles. The summed E-state index contributed by atoms with van der Waals surface area (Å²) < 4.78 is 1.78. The van der Waals surface area contributed by atoms with Gasteiger partial charge in [-0.25, -0.2) is 0 Å². The van der Waals surface area contributed by atoms with Gasteiger partial charge in [0, 0.05) is 6.04 Å². The zero-order valence-corrected chi connectivity index (χ0v) is 17.3. The first-order chi connectivity index (χ1) is 12.3. The molecule has 1 aromatic rings. The van der Waals surface area contributed by atoms with Crippen LogP contribution in [0.2, 0.25) is 5.02 Å². The highest BCUT2D eigenvalue weighted by molar-refractivity contribution is 6.31. The fraction of sp³-hybridized carbons (Fsp3) is 0.810. The number of nitrogens with zero attached hydrogens (tertiary/aromatic N) is 2. The molecule has 4 bridgehead atoms. The maximum atomic E-state index is 13.1. The van der Waals surface area contributed by atoms with Gasteiger partial charge in [-0.2, -0.15) is 5.10 Å². The Morgan fingerprint density at radius 2 is 1.77 bits per heavy atom. The van der Waals surface area contributed by atoms with Gasteiger partial charge < -0.3 is 5.32 Å². The summed E-state index contributed by atoms with van der Waals surface area (Å²) in [4.78, 5) is 13.1. The Morgan fingerprint density at radius 3 is 2.19 bits per heavy atom. The van der Waals surface area contributed by atoms with Crippen LogP contribution in [0.25, 0.3) is 0 Å². The van der Waals surface area contributed by atoms with Crippen LogP contribution in [0.5, 0.6) is 0 Å². The molecule has 5 heteroatoms. The fourth-order valence-corrected chi connectivity index (χ4v) is 6.84. The molecule has 2 atom stereocenters. The second-order valence-corrected chi connectivity index (χ2v) is 9.73. The third-order valence-corrected chi connectivity index (χ3v) is 8.08. The second-order valence-electron chi connectivity index (χ2n) is 9.35. The molecule has 26 heavy (non-hydrogen) atoms. The van der Waals surface area contributed by atoms with E-state index >= 15 is 0 Å². The Kier molecular flexibility index (Phi) is 4.61. The molecule has 4 fully saturated rings. The Labute approximate surface area is 162 Å². The van der Waals surface area contributed by atoms with Crippen molar-refractivity contribution in [2.75, 3.05) is 0 Å². The van der Waals surface area contributed by atoms with Gasteiger partial charge in [0.05, 0.1) is 16.4 Å². The number of rotatable bonds is 5. The number of hydrogen-bond acceptors (Lipinski definition) is 2. The van der Waals surface area contributed by atoms with E-state index in [0.717, 1.165) is 35.6 Å². The molecule has 4 nitrogen and oxygen atoms in total. The molecule has 1 aromatic heterocycles. The summed E-state index contributed by atoms with van der Waals surface area (Å²) in [5.74, 6) is 2.79. The van der Waals surface area contributed by atoms with E-state index in [-0.39, 0.29) is 11.9 Å². The predicted octanol–water partition coefficient (Wildman–Crippen LogP) is 4.83. The van der Waals surface area contributed by atoms with Crippen molar-refractivity contribution in [3.05, 3.63) is 16.4 Å². The van der Waals surface area contributed by atoms with Gasteiger partial charge >= 0.3 is 0 Å². The first-order valence-electron chi connectivity index (χ1n) is 10.3. The van der Waals surface area contributed by atoms with E-state index in [9.17, 15) is 4.79 Å². The van der Waals surface area contributed by atoms with Crippen LogP contribution < -0.4 is 5.32 Å². The zero-order valence-electron chi connectivity index (χ0n) is 16.5. The number of amides is 1. The van der Waals surface area contributed by atoms with Crippen molar-refractivity contribution < 1.29 is 4.79 Å². The largest absolute Gasteiger partial charge is 0.351 e. The highest BCUT2D eigenvalue weighted by Gasteiger charge is 2.54. The number of aromatic nitrogens is 2. The molecule has 144 valence electrons. The van der Waals surface area contributed by atoms with Crippen LogP contribution in [0.1, 0.15) is 76.2 Å². The van der Waals surface area contributed by atoms with Crippen LogP contribution in [-0.4, -0.2) is 21.7 Å². The van der Waals surface area contributed by atoms with E-state index in [1.165, 1.54) is 38.5 Å². The molecule has 0 spiro atoms. The lowest BCUT2D eigenvalue weighted by atomic mass is 9.47. The Bertz CT molecular complexity index is 675. The van der Waals surface area contributed by atoms with E-state index in [2.05, 4.69) is 17.3 Å². The molecular weight excluding hydrogens is 346 g/mol. The summed E-state index contributed by atoms with van der Waals surface area (Å²) in [5, 5.41) is 8.58. The van der Waals surface area contributed by atoms with E-state index in [1.54, 1.807) is 4.68 Å². The third-order valence-electron chi connectivity index (χ3n) is 7.53. The molecule has 0 radical (unpaired) electrons. The van der Waals surface area contributed by atoms with Gasteiger partial charge in [-0.05, 0) is 88.9 Å². The molecule has 0 saturated heterocycles. The van der Waals surface area contributed by atoms with E-state index in [0.29, 0.717) is 16.5 Å². The normalized spacial score (nSPS) is 34.7. The van der Waals surface area contributed by atoms with Crippen LogP contribution in [0.3, 0.4) is 0 Å². The quantitative estimate of drug-likeness (QED) is 0.799. The molecule has 1 heterocycles. The van der Waals surface area contributed by atoms with Gasteiger partial charge in [0.2, 0.25) is 5.91 Å². The first kappa shape index (κ1) is 18.3. The number of halogens is 1. The van der Waals surface area contributed by atoms with Gasteiger partial charge in [0.1, 0.15) is 6.04 Å². The monoisotopic (exact) mass is 377 g/mol. The van der Waals surface area contributed by atoms with Crippen LogP contribution in [-0.2, 0) is 4.79 Å². The Balaban J connectivity index is 1.51. The van der Waals surface area contributed by atoms with Gasteiger partial charge in [0.25, 0.3) is 0 Å². The maximum absolute atomic E-state index is 13.1. The van der Waals surface area contributed by atoms with E-state index in [1.807, 2.05) is 20.8 Å². The average Bonchev–Trinajstić information content (AvgIpc) is 2.85. The van der Waals surface area contributed by atoms with Crippen LogP contribution >= 0.6 is 11.6 Å². The summed E-state index contributed by atoms with van der Waals surface area (Å²) in [6, 6.07) is -0.0394. The highest BCUT2D eigenvalue weighted by atomic mass is 35.5. The molecule has 4 aliphatic carbocycles. The summed E-state index contributed by atoms with van der Waals surface area (Å²) in [6.07, 6.45) is 9.27. The van der Waals surface area contributed by atoms with Crippen molar-refractivity contribution in [3.63, 3.8) is 0 Å². The summed E-state index contributed by atoms with van der Waals surface area (Å²) in [7, 11) is 0. The van der Waals surface area contributed by atoms with Gasteiger partial charge in [-0.15, -0.1) is 0 Å². The molecule has 4 saturated carbocycles. The molecule has 5 rings (SSSR count). The minimum absolute atomic E-state index is 0.0786. The summed E-state index contributed by atoms with van der Waals surface area (Å²) in [6.45, 7) is 7.98. The van der Waals surface area contributed by atoms with Crippen molar-refractivity contribution >= 4 is 17.5 Å². The lowest BCUT2D eigenvalue weighted by molar-refractivity contribution is -0.129. The molecule has 0 aliphatic heterocycles. The van der Waals surface area contributed by atoms with Gasteiger partial charge in [-0.1, -0.05) is 18.5 Å². The number of aryl methyl sites for hydroxylation is 1. The molecular formula is C21H32ClN3O. The lowest BCUT2D eigenvalue weighted by Gasteiger charge is -2.59. The number of carbonyl (C=O) groups is 1. The van der Waals surface area contributed by atoms with Crippen LogP contribution in [0.15, 0.2) is 0 Å². The Hall–Kier alpha value is -1.03. The van der Waals surface area contributed by atoms with E-state index < -0.39 is 0 Å². The number of carbonyl (C=O) groups excluding carboxylic acids is 1. The SMILES string of the molecule is CCC(NC(=O)C(C)n1nc(C)c(Cl)c1C)C12CC3CC(CC(C3)C1)C2. The van der Waals surface area contributed by atoms with Crippen molar-refractivity contribution in [1.82, 2.24) is 15.1 Å². The molecule has 2 unspecified atom stereocenters. The molecule has 4 aliphatic rings. The second kappa shape index (κ2) is 6.54. The van der Waals surface area contributed by atoms with Crippen molar-refractivity contribution in [2.45, 2.75) is 84.7 Å². The van der Waals surface area contributed by atoms with Crippen molar-refractivity contribution in [2.24, 2.45) is 23.2 Å². The summed E-state index contributed by atoms with van der Waals surface area (Å²) in [5.41, 5.74) is 2.00. The van der Waals surface area contributed by atoms with Crippen molar-refractivity contribution in [1.29, 1.82) is 0 Å². The number of nitrogens with one attached hydrogen (secondary N) is 1. The first-order valence-corrected chi connectivity index (χ1v) is 10.7. The lowest BCUT2D eigenvalue weighted by Crippen LogP contribution is -2.57. The van der Waals surface area contributed by atoms with Gasteiger partial charge in [0.15, 0.2) is 0 Å². The average molecular weight is 378 g/mol. The molecule has 1 amide bonds. The summed E-state index contributed by atoms with van der Waals surface area (Å²) >= 11 is 6.28. The zero-order chi connectivity index (χ0) is 18.6.